The van der Waals surface area contributed by atoms with Crippen LogP contribution < -0.4 is 14.8 Å². The average Bonchev–Trinajstić information content (AvgIpc) is 2.66. The summed E-state index contributed by atoms with van der Waals surface area (Å²) in [7, 11) is 0. The van der Waals surface area contributed by atoms with Crippen LogP contribution in [0.3, 0.4) is 0 Å². The lowest BCUT2D eigenvalue weighted by Crippen LogP contribution is -2.29. The molecule has 1 aliphatic rings. The predicted octanol–water partition coefficient (Wildman–Crippen LogP) is 3.16. The lowest BCUT2D eigenvalue weighted by atomic mass is 10.0. The van der Waals surface area contributed by atoms with Gasteiger partial charge in [-0.15, -0.1) is 0 Å². The maximum Gasteiger partial charge on any atom is 0.311 e. The summed E-state index contributed by atoms with van der Waals surface area (Å²) in [5, 5.41) is 3.42. The van der Waals surface area contributed by atoms with Crippen LogP contribution >= 0.6 is 0 Å². The van der Waals surface area contributed by atoms with Crippen molar-refractivity contribution >= 4 is 5.97 Å². The SMILES string of the molecule is CCCC(=O)Oc1ccc(OC2CCCNCC2C)cc1. The zero-order valence-corrected chi connectivity index (χ0v) is 12.9. The molecule has 1 fully saturated rings. The number of nitrogens with one attached hydrogen (secondary N) is 1. The molecule has 1 heterocycles. The second-order valence-electron chi connectivity index (χ2n) is 5.68. The van der Waals surface area contributed by atoms with Gasteiger partial charge < -0.3 is 14.8 Å². The molecule has 2 unspecified atom stereocenters. The second-order valence-corrected chi connectivity index (χ2v) is 5.68. The number of hydrogen-bond donors (Lipinski definition) is 1. The van der Waals surface area contributed by atoms with Crippen molar-refractivity contribution in [2.24, 2.45) is 5.92 Å². The Labute approximate surface area is 126 Å². The van der Waals surface area contributed by atoms with Crippen LogP contribution in [-0.4, -0.2) is 25.2 Å². The fourth-order valence-electron chi connectivity index (χ4n) is 2.50. The number of rotatable bonds is 5. The van der Waals surface area contributed by atoms with E-state index in [0.29, 0.717) is 18.1 Å². The number of carbonyl (C=O) groups excluding carboxylic acids is 1. The normalized spacial score (nSPS) is 22.4. The molecule has 4 nitrogen and oxygen atoms in total. The van der Waals surface area contributed by atoms with Crippen molar-refractivity contribution in [3.8, 4) is 11.5 Å². The maximum atomic E-state index is 11.4. The minimum Gasteiger partial charge on any atom is -0.490 e. The van der Waals surface area contributed by atoms with E-state index in [1.54, 1.807) is 12.1 Å². The van der Waals surface area contributed by atoms with Crippen LogP contribution in [0.1, 0.15) is 39.5 Å². The summed E-state index contributed by atoms with van der Waals surface area (Å²) in [4.78, 5) is 11.4. The van der Waals surface area contributed by atoms with Gasteiger partial charge in [-0.1, -0.05) is 13.8 Å². The van der Waals surface area contributed by atoms with E-state index < -0.39 is 0 Å². The summed E-state index contributed by atoms with van der Waals surface area (Å²) in [6.07, 6.45) is 3.70. The molecule has 1 aromatic carbocycles. The van der Waals surface area contributed by atoms with Gasteiger partial charge in [-0.2, -0.15) is 0 Å². The Hall–Kier alpha value is -1.55. The summed E-state index contributed by atoms with van der Waals surface area (Å²) in [6, 6.07) is 7.34. The van der Waals surface area contributed by atoms with Gasteiger partial charge in [0.1, 0.15) is 17.6 Å². The monoisotopic (exact) mass is 291 g/mol. The Morgan fingerprint density at radius 1 is 1.29 bits per heavy atom. The third-order valence-electron chi connectivity index (χ3n) is 3.74. The smallest absolute Gasteiger partial charge is 0.311 e. The number of hydrogen-bond acceptors (Lipinski definition) is 4. The van der Waals surface area contributed by atoms with Crippen molar-refractivity contribution in [3.63, 3.8) is 0 Å². The van der Waals surface area contributed by atoms with Crippen molar-refractivity contribution in [1.82, 2.24) is 5.32 Å². The van der Waals surface area contributed by atoms with E-state index in [1.165, 1.54) is 0 Å². The Balaban J connectivity index is 1.90. The van der Waals surface area contributed by atoms with Crippen LogP contribution in [0.5, 0.6) is 11.5 Å². The quantitative estimate of drug-likeness (QED) is 0.668. The Morgan fingerprint density at radius 3 is 2.71 bits per heavy atom. The van der Waals surface area contributed by atoms with Gasteiger partial charge in [0.25, 0.3) is 0 Å². The Bertz CT molecular complexity index is 444. The Kier molecular flexibility index (Phi) is 6.05. The van der Waals surface area contributed by atoms with E-state index in [2.05, 4.69) is 12.2 Å². The number of esters is 1. The molecule has 1 N–H and O–H groups in total. The Morgan fingerprint density at radius 2 is 2.00 bits per heavy atom. The molecule has 0 bridgehead atoms. The molecule has 0 amide bonds. The molecule has 0 aliphatic carbocycles. The molecule has 116 valence electrons. The van der Waals surface area contributed by atoms with E-state index in [9.17, 15) is 4.79 Å². The molecule has 0 saturated carbocycles. The first-order valence-electron chi connectivity index (χ1n) is 7.87. The largest absolute Gasteiger partial charge is 0.490 e. The van der Waals surface area contributed by atoms with Crippen molar-refractivity contribution in [2.75, 3.05) is 13.1 Å². The molecule has 2 rings (SSSR count). The highest BCUT2D eigenvalue weighted by Gasteiger charge is 2.21. The molecular weight excluding hydrogens is 266 g/mol. The first kappa shape index (κ1) is 15.8. The van der Waals surface area contributed by atoms with E-state index >= 15 is 0 Å². The van der Waals surface area contributed by atoms with Gasteiger partial charge in [-0.25, -0.2) is 0 Å². The average molecular weight is 291 g/mol. The van der Waals surface area contributed by atoms with Crippen LogP contribution in [0.15, 0.2) is 24.3 Å². The van der Waals surface area contributed by atoms with Gasteiger partial charge in [0, 0.05) is 18.9 Å². The third kappa shape index (κ3) is 5.05. The van der Waals surface area contributed by atoms with Gasteiger partial charge in [-0.05, 0) is 50.1 Å². The van der Waals surface area contributed by atoms with Crippen molar-refractivity contribution in [2.45, 2.75) is 45.6 Å². The molecule has 1 aliphatic heterocycles. The third-order valence-corrected chi connectivity index (χ3v) is 3.74. The standard InChI is InChI=1S/C17H25NO3/c1-3-5-17(19)21-15-9-7-14(8-10-15)20-16-6-4-11-18-12-13(16)2/h7-10,13,16,18H,3-6,11-12H2,1-2H3. The molecular formula is C17H25NO3. The first-order valence-corrected chi connectivity index (χ1v) is 7.87. The highest BCUT2D eigenvalue weighted by Crippen LogP contribution is 2.23. The number of ether oxygens (including phenoxy) is 2. The molecule has 21 heavy (non-hydrogen) atoms. The first-order chi connectivity index (χ1) is 10.2. The highest BCUT2D eigenvalue weighted by atomic mass is 16.5. The van der Waals surface area contributed by atoms with Gasteiger partial charge in [0.05, 0.1) is 0 Å². The van der Waals surface area contributed by atoms with Gasteiger partial charge in [0.2, 0.25) is 0 Å². The van der Waals surface area contributed by atoms with E-state index in [0.717, 1.165) is 38.1 Å². The van der Waals surface area contributed by atoms with Crippen molar-refractivity contribution < 1.29 is 14.3 Å². The van der Waals surface area contributed by atoms with Crippen molar-refractivity contribution in [3.05, 3.63) is 24.3 Å². The predicted molar refractivity (Wildman–Crippen MR) is 82.7 cm³/mol. The molecule has 1 aromatic rings. The second kappa shape index (κ2) is 8.03. The van der Waals surface area contributed by atoms with E-state index in [4.69, 9.17) is 9.47 Å². The van der Waals surface area contributed by atoms with Crippen LogP contribution in [-0.2, 0) is 4.79 Å². The fraction of sp³-hybridized carbons (Fsp3) is 0.588. The number of benzene rings is 1. The van der Waals surface area contributed by atoms with Crippen LogP contribution in [0.4, 0.5) is 0 Å². The lowest BCUT2D eigenvalue weighted by Gasteiger charge is -2.22. The van der Waals surface area contributed by atoms with E-state index in [-0.39, 0.29) is 12.1 Å². The molecule has 0 spiro atoms. The minimum atomic E-state index is -0.186. The number of carbonyl (C=O) groups is 1. The maximum absolute atomic E-state index is 11.4. The zero-order valence-electron chi connectivity index (χ0n) is 12.9. The summed E-state index contributed by atoms with van der Waals surface area (Å²) < 4.78 is 11.3. The van der Waals surface area contributed by atoms with Crippen LogP contribution in [0, 0.1) is 5.92 Å². The molecule has 0 radical (unpaired) electrons. The van der Waals surface area contributed by atoms with Gasteiger partial charge in [-0.3, -0.25) is 4.79 Å². The van der Waals surface area contributed by atoms with Gasteiger partial charge in [0.15, 0.2) is 0 Å². The summed E-state index contributed by atoms with van der Waals surface area (Å²) in [5.41, 5.74) is 0. The summed E-state index contributed by atoms with van der Waals surface area (Å²) in [6.45, 7) is 6.23. The van der Waals surface area contributed by atoms with Gasteiger partial charge >= 0.3 is 5.97 Å². The fourth-order valence-corrected chi connectivity index (χ4v) is 2.50. The lowest BCUT2D eigenvalue weighted by molar-refractivity contribution is -0.134. The molecule has 4 heteroatoms. The minimum absolute atomic E-state index is 0.186. The zero-order chi connectivity index (χ0) is 15.1. The molecule has 0 aromatic heterocycles. The highest BCUT2D eigenvalue weighted by molar-refractivity contribution is 5.72. The van der Waals surface area contributed by atoms with E-state index in [1.807, 2.05) is 19.1 Å². The molecule has 1 saturated heterocycles. The topological polar surface area (TPSA) is 47.6 Å². The van der Waals surface area contributed by atoms with Crippen LogP contribution in [0.2, 0.25) is 0 Å². The van der Waals surface area contributed by atoms with Crippen molar-refractivity contribution in [1.29, 1.82) is 0 Å². The van der Waals surface area contributed by atoms with Crippen LogP contribution in [0.25, 0.3) is 0 Å². The summed E-state index contributed by atoms with van der Waals surface area (Å²) >= 11 is 0. The summed E-state index contributed by atoms with van der Waals surface area (Å²) in [5.74, 6) is 1.73. The molecule has 2 atom stereocenters.